The van der Waals surface area contributed by atoms with Crippen LogP contribution in [0.5, 0.6) is 0 Å². The summed E-state index contributed by atoms with van der Waals surface area (Å²) in [6.45, 7) is 0.668. The smallest absolute Gasteiger partial charge is 0.269 e. The predicted molar refractivity (Wildman–Crippen MR) is 138 cm³/mol. The largest absolute Gasteiger partial charge is 0.361 e. The van der Waals surface area contributed by atoms with Crippen molar-refractivity contribution in [3.8, 4) is 11.3 Å². The van der Waals surface area contributed by atoms with Crippen LogP contribution in [-0.2, 0) is 13.0 Å². The number of fused-ring (bicyclic) bond motifs is 1. The molecule has 2 heterocycles. The highest BCUT2D eigenvalue weighted by Gasteiger charge is 2.13. The van der Waals surface area contributed by atoms with Gasteiger partial charge >= 0.3 is 0 Å². The fourth-order valence-electron chi connectivity index (χ4n) is 3.87. The fourth-order valence-corrected chi connectivity index (χ4v) is 5.26. The molecule has 34 heavy (non-hydrogen) atoms. The van der Waals surface area contributed by atoms with Gasteiger partial charge in [-0.3, -0.25) is 10.1 Å². The number of benzene rings is 3. The molecular weight excluding hydrogens is 491 g/mol. The van der Waals surface area contributed by atoms with Crippen molar-refractivity contribution in [1.82, 2.24) is 9.55 Å². The van der Waals surface area contributed by atoms with Gasteiger partial charge in [0.15, 0.2) is 4.80 Å². The molecule has 1 N–H and O–H groups in total. The number of aromatic amines is 1. The van der Waals surface area contributed by atoms with Crippen molar-refractivity contribution < 1.29 is 4.92 Å². The quantitative estimate of drug-likeness (QED) is 0.191. The van der Waals surface area contributed by atoms with Crippen LogP contribution in [0.3, 0.4) is 0 Å². The van der Waals surface area contributed by atoms with E-state index in [0.717, 1.165) is 28.0 Å². The Morgan fingerprint density at radius 1 is 1.06 bits per heavy atom. The highest BCUT2D eigenvalue weighted by atomic mass is 35.5. The molecule has 0 aliphatic rings. The molecule has 0 atom stereocenters. The number of hydrogen-bond donors (Lipinski definition) is 1. The summed E-state index contributed by atoms with van der Waals surface area (Å²) < 4.78 is 2.12. The molecule has 0 aliphatic carbocycles. The summed E-state index contributed by atoms with van der Waals surface area (Å²) in [6.07, 6.45) is 2.82. The van der Waals surface area contributed by atoms with Gasteiger partial charge in [0.25, 0.3) is 5.69 Å². The van der Waals surface area contributed by atoms with Crippen LogP contribution in [0.4, 0.5) is 11.4 Å². The van der Waals surface area contributed by atoms with Gasteiger partial charge in [0.05, 0.1) is 21.3 Å². The van der Waals surface area contributed by atoms with E-state index in [1.165, 1.54) is 34.4 Å². The van der Waals surface area contributed by atoms with E-state index in [-0.39, 0.29) is 5.69 Å². The molecule has 5 rings (SSSR count). The number of nitrogens with zero attached hydrogens (tertiary/aromatic N) is 3. The lowest BCUT2D eigenvalue weighted by Gasteiger charge is -2.09. The van der Waals surface area contributed by atoms with E-state index < -0.39 is 4.92 Å². The summed E-state index contributed by atoms with van der Waals surface area (Å²) >= 11 is 13.9. The fraction of sp³-hybridized carbons (Fsp3) is 0.0800. The maximum Gasteiger partial charge on any atom is 0.269 e. The summed E-state index contributed by atoms with van der Waals surface area (Å²) in [6, 6.07) is 20.0. The van der Waals surface area contributed by atoms with Crippen molar-refractivity contribution in [2.24, 2.45) is 4.99 Å². The molecule has 0 amide bonds. The van der Waals surface area contributed by atoms with Crippen LogP contribution < -0.4 is 4.80 Å². The van der Waals surface area contributed by atoms with Crippen molar-refractivity contribution in [1.29, 1.82) is 0 Å². The van der Waals surface area contributed by atoms with Crippen molar-refractivity contribution >= 4 is 56.8 Å². The number of H-pyrrole nitrogens is 1. The Labute approximate surface area is 208 Å². The van der Waals surface area contributed by atoms with Gasteiger partial charge in [-0.2, -0.15) is 0 Å². The Kier molecular flexibility index (Phi) is 6.24. The molecule has 0 radical (unpaired) electrons. The van der Waals surface area contributed by atoms with Gasteiger partial charge in [-0.1, -0.05) is 41.4 Å². The molecule has 0 aliphatic heterocycles. The number of hydrogen-bond acceptors (Lipinski definition) is 4. The van der Waals surface area contributed by atoms with Crippen LogP contribution >= 0.6 is 34.5 Å². The van der Waals surface area contributed by atoms with E-state index in [1.807, 2.05) is 23.7 Å². The van der Waals surface area contributed by atoms with E-state index in [9.17, 15) is 10.1 Å². The monoisotopic (exact) mass is 508 g/mol. The maximum atomic E-state index is 11.1. The van der Waals surface area contributed by atoms with Gasteiger partial charge in [0, 0.05) is 46.2 Å². The number of rotatable bonds is 6. The Balaban J connectivity index is 1.57. The number of nitro benzene ring substituents is 1. The Morgan fingerprint density at radius 3 is 2.62 bits per heavy atom. The normalized spacial score (nSPS) is 11.9. The summed E-state index contributed by atoms with van der Waals surface area (Å²) in [7, 11) is 0. The third-order valence-corrected chi connectivity index (χ3v) is 6.98. The number of nitro groups is 1. The summed E-state index contributed by atoms with van der Waals surface area (Å²) in [5.74, 6) is 0. The average molecular weight is 509 g/mol. The molecule has 2 aromatic heterocycles. The minimum atomic E-state index is -0.397. The SMILES string of the molecule is O=[N+]([O-])c1ccc(-c2csc(=Nc3ccc(Cl)cc3Cl)n2CCc2c[nH]c3ccccc23)cc1. The van der Waals surface area contributed by atoms with E-state index >= 15 is 0 Å². The molecule has 0 bridgehead atoms. The topological polar surface area (TPSA) is 76.2 Å². The second-order valence-corrected chi connectivity index (χ2v) is 9.36. The first kappa shape index (κ1) is 22.4. The van der Waals surface area contributed by atoms with Crippen molar-refractivity contribution in [3.63, 3.8) is 0 Å². The lowest BCUT2D eigenvalue weighted by molar-refractivity contribution is -0.384. The van der Waals surface area contributed by atoms with E-state index in [1.54, 1.807) is 30.3 Å². The van der Waals surface area contributed by atoms with E-state index in [0.29, 0.717) is 22.3 Å². The van der Waals surface area contributed by atoms with Crippen LogP contribution in [0, 0.1) is 10.1 Å². The first-order valence-corrected chi connectivity index (χ1v) is 12.1. The number of aromatic nitrogens is 2. The van der Waals surface area contributed by atoms with Gasteiger partial charge in [-0.15, -0.1) is 11.3 Å². The van der Waals surface area contributed by atoms with Crippen molar-refractivity contribution in [2.75, 3.05) is 0 Å². The van der Waals surface area contributed by atoms with Gasteiger partial charge in [0.1, 0.15) is 0 Å². The number of thiazole rings is 1. The molecule has 6 nitrogen and oxygen atoms in total. The van der Waals surface area contributed by atoms with Gasteiger partial charge < -0.3 is 9.55 Å². The third-order valence-electron chi connectivity index (χ3n) is 5.58. The number of para-hydroxylation sites is 1. The summed E-state index contributed by atoms with van der Waals surface area (Å²) in [5, 5.41) is 15.3. The lowest BCUT2D eigenvalue weighted by atomic mass is 10.1. The first-order valence-electron chi connectivity index (χ1n) is 10.5. The molecule has 3 aromatic carbocycles. The number of halogens is 2. The second-order valence-electron chi connectivity index (χ2n) is 7.68. The molecule has 9 heteroatoms. The summed E-state index contributed by atoms with van der Waals surface area (Å²) in [5.41, 5.74) is 4.81. The first-order chi connectivity index (χ1) is 16.5. The van der Waals surface area contributed by atoms with Crippen molar-refractivity contribution in [3.05, 3.63) is 109 Å². The van der Waals surface area contributed by atoms with Crippen molar-refractivity contribution in [2.45, 2.75) is 13.0 Å². The number of aryl methyl sites for hydroxylation is 1. The summed E-state index contributed by atoms with van der Waals surface area (Å²) in [4.78, 5) is 19.6. The third kappa shape index (κ3) is 4.50. The molecular formula is C25H18Cl2N4O2S. The molecule has 0 saturated carbocycles. The predicted octanol–water partition coefficient (Wildman–Crippen LogP) is 7.39. The van der Waals surface area contributed by atoms with Gasteiger partial charge in [-0.25, -0.2) is 4.99 Å². The standard InChI is InChI=1S/C25H18Cl2N4O2S/c26-18-7-10-23(21(27)13-18)29-25-30(12-11-17-14-28-22-4-2-1-3-20(17)22)24(15-34-25)16-5-8-19(9-6-16)31(32)33/h1-10,13-15,28H,11-12H2. The van der Waals surface area contributed by atoms with Crippen LogP contribution in [0.2, 0.25) is 10.0 Å². The minimum absolute atomic E-state index is 0.0576. The zero-order valence-electron chi connectivity index (χ0n) is 17.7. The Bertz CT molecular complexity index is 1570. The van der Waals surface area contributed by atoms with Crippen LogP contribution in [0.25, 0.3) is 22.2 Å². The van der Waals surface area contributed by atoms with Gasteiger partial charge in [0.2, 0.25) is 0 Å². The van der Waals surface area contributed by atoms with Crippen LogP contribution in [0.15, 0.2) is 83.3 Å². The lowest BCUT2D eigenvalue weighted by Crippen LogP contribution is -2.17. The van der Waals surface area contributed by atoms with E-state index in [4.69, 9.17) is 28.2 Å². The molecule has 5 aromatic rings. The average Bonchev–Trinajstić information content (AvgIpc) is 3.43. The number of non-ortho nitro benzene ring substituents is 1. The molecule has 0 spiro atoms. The highest BCUT2D eigenvalue weighted by Crippen LogP contribution is 2.29. The molecule has 0 fully saturated rings. The van der Waals surface area contributed by atoms with Crippen LogP contribution in [-0.4, -0.2) is 14.5 Å². The molecule has 170 valence electrons. The zero-order valence-corrected chi connectivity index (χ0v) is 20.1. The second kappa shape index (κ2) is 9.46. The minimum Gasteiger partial charge on any atom is -0.361 e. The Morgan fingerprint density at radius 2 is 1.85 bits per heavy atom. The highest BCUT2D eigenvalue weighted by molar-refractivity contribution is 7.07. The zero-order chi connectivity index (χ0) is 23.7. The van der Waals surface area contributed by atoms with Crippen LogP contribution in [0.1, 0.15) is 5.56 Å². The Hall–Kier alpha value is -3.39. The van der Waals surface area contributed by atoms with Gasteiger partial charge in [-0.05, 0) is 53.9 Å². The maximum absolute atomic E-state index is 11.1. The van der Waals surface area contributed by atoms with E-state index in [2.05, 4.69) is 21.7 Å². The molecule has 0 saturated heterocycles. The number of nitrogens with one attached hydrogen (secondary N) is 1. The molecule has 0 unspecified atom stereocenters.